The molecule has 3 aromatic rings. The molecule has 4 N–H and O–H groups in total. The van der Waals surface area contributed by atoms with Gasteiger partial charge in [-0.05, 0) is 35.7 Å². The Morgan fingerprint density at radius 1 is 1.20 bits per heavy atom. The molecular weight excluding hydrogens is 328 g/mol. The SMILES string of the molecule is NC(Cc1cn(Cc2ccc(F)c(F)c2)c2ccccc12)C(=O)NO. The van der Waals surface area contributed by atoms with Crippen molar-refractivity contribution in [1.82, 2.24) is 10.0 Å². The van der Waals surface area contributed by atoms with Gasteiger partial charge in [0.1, 0.15) is 0 Å². The minimum Gasteiger partial charge on any atom is -0.343 e. The molecule has 3 rings (SSSR count). The maximum absolute atomic E-state index is 13.4. The third-order valence-corrected chi connectivity index (χ3v) is 4.09. The third-order valence-electron chi connectivity index (χ3n) is 4.09. The predicted molar refractivity (Wildman–Crippen MR) is 89.0 cm³/mol. The number of hydroxylamine groups is 1. The Balaban J connectivity index is 1.95. The van der Waals surface area contributed by atoms with Gasteiger partial charge in [0.25, 0.3) is 5.91 Å². The van der Waals surface area contributed by atoms with E-state index in [4.69, 9.17) is 10.9 Å². The first kappa shape index (κ1) is 17.1. The van der Waals surface area contributed by atoms with Gasteiger partial charge in [0.2, 0.25) is 0 Å². The smallest absolute Gasteiger partial charge is 0.260 e. The Morgan fingerprint density at radius 2 is 1.96 bits per heavy atom. The molecule has 5 nitrogen and oxygen atoms in total. The fraction of sp³-hybridized carbons (Fsp3) is 0.167. The molecule has 0 saturated heterocycles. The van der Waals surface area contributed by atoms with Gasteiger partial charge in [-0.25, -0.2) is 14.3 Å². The summed E-state index contributed by atoms with van der Waals surface area (Å²) in [6, 6.07) is 10.4. The number of para-hydroxylation sites is 1. The molecule has 1 aromatic heterocycles. The van der Waals surface area contributed by atoms with E-state index < -0.39 is 23.6 Å². The number of hydrogen-bond donors (Lipinski definition) is 3. The monoisotopic (exact) mass is 345 g/mol. The van der Waals surface area contributed by atoms with Gasteiger partial charge in [-0.3, -0.25) is 10.0 Å². The molecular formula is C18H17F2N3O2. The second-order valence-electron chi connectivity index (χ2n) is 5.83. The fourth-order valence-corrected chi connectivity index (χ4v) is 2.86. The van der Waals surface area contributed by atoms with Gasteiger partial charge in [0.05, 0.1) is 6.04 Å². The van der Waals surface area contributed by atoms with E-state index in [1.54, 1.807) is 5.48 Å². The number of rotatable bonds is 5. The third kappa shape index (κ3) is 3.52. The van der Waals surface area contributed by atoms with Crippen LogP contribution in [0.1, 0.15) is 11.1 Å². The minimum atomic E-state index is -0.896. The first-order valence-electron chi connectivity index (χ1n) is 7.70. The maximum Gasteiger partial charge on any atom is 0.260 e. The Labute approximate surface area is 142 Å². The lowest BCUT2D eigenvalue weighted by Crippen LogP contribution is -2.40. The number of aromatic nitrogens is 1. The molecule has 7 heteroatoms. The van der Waals surface area contributed by atoms with Crippen LogP contribution in [0.25, 0.3) is 10.9 Å². The molecule has 0 aliphatic rings. The zero-order chi connectivity index (χ0) is 18.0. The standard InChI is InChI=1S/C18H17F2N3O2/c19-14-6-5-11(7-15(14)20)9-23-10-12(8-16(21)18(24)22-25)13-3-1-2-4-17(13)23/h1-7,10,16,25H,8-9,21H2,(H,22,24). The molecule has 0 aliphatic carbocycles. The lowest BCUT2D eigenvalue weighted by molar-refractivity contribution is -0.130. The van der Waals surface area contributed by atoms with Crippen molar-refractivity contribution in [3.8, 4) is 0 Å². The van der Waals surface area contributed by atoms with Crippen molar-refractivity contribution in [3.63, 3.8) is 0 Å². The number of nitrogens with zero attached hydrogens (tertiary/aromatic N) is 1. The molecule has 2 aromatic carbocycles. The molecule has 0 aliphatic heterocycles. The molecule has 0 spiro atoms. The van der Waals surface area contributed by atoms with E-state index >= 15 is 0 Å². The van der Waals surface area contributed by atoms with Gasteiger partial charge < -0.3 is 10.3 Å². The fourth-order valence-electron chi connectivity index (χ4n) is 2.86. The van der Waals surface area contributed by atoms with Crippen molar-refractivity contribution in [2.45, 2.75) is 19.0 Å². The first-order valence-corrected chi connectivity index (χ1v) is 7.70. The van der Waals surface area contributed by atoms with Gasteiger partial charge in [-0.1, -0.05) is 24.3 Å². The summed E-state index contributed by atoms with van der Waals surface area (Å²) < 4.78 is 28.4. The zero-order valence-electron chi connectivity index (χ0n) is 13.2. The number of amides is 1. The second-order valence-corrected chi connectivity index (χ2v) is 5.83. The van der Waals surface area contributed by atoms with Crippen molar-refractivity contribution in [2.24, 2.45) is 5.73 Å². The van der Waals surface area contributed by atoms with Crippen LogP contribution in [0, 0.1) is 11.6 Å². The summed E-state index contributed by atoms with van der Waals surface area (Å²) in [6.07, 6.45) is 2.06. The minimum absolute atomic E-state index is 0.234. The van der Waals surface area contributed by atoms with Crippen LogP contribution in [0.5, 0.6) is 0 Å². The average molecular weight is 345 g/mol. The molecule has 0 bridgehead atoms. The Kier molecular flexibility index (Phi) is 4.78. The largest absolute Gasteiger partial charge is 0.343 e. The van der Waals surface area contributed by atoms with E-state index in [1.807, 2.05) is 35.0 Å². The van der Waals surface area contributed by atoms with Crippen molar-refractivity contribution in [1.29, 1.82) is 0 Å². The second kappa shape index (κ2) is 7.00. The molecule has 0 saturated carbocycles. The molecule has 25 heavy (non-hydrogen) atoms. The number of hydrogen-bond acceptors (Lipinski definition) is 3. The Bertz CT molecular complexity index is 924. The zero-order valence-corrected chi connectivity index (χ0v) is 13.2. The van der Waals surface area contributed by atoms with E-state index in [0.29, 0.717) is 12.1 Å². The molecule has 1 amide bonds. The van der Waals surface area contributed by atoms with Gasteiger partial charge in [0.15, 0.2) is 11.6 Å². The lowest BCUT2D eigenvalue weighted by Gasteiger charge is -2.08. The predicted octanol–water partition coefficient (Wildman–Crippen LogP) is 2.34. The van der Waals surface area contributed by atoms with Crippen molar-refractivity contribution >= 4 is 16.8 Å². The van der Waals surface area contributed by atoms with Crippen LogP contribution in [0.15, 0.2) is 48.7 Å². The summed E-state index contributed by atoms with van der Waals surface area (Å²) in [4.78, 5) is 11.4. The van der Waals surface area contributed by atoms with E-state index in [-0.39, 0.29) is 6.42 Å². The van der Waals surface area contributed by atoms with Crippen LogP contribution in [0.4, 0.5) is 8.78 Å². The van der Waals surface area contributed by atoms with E-state index in [2.05, 4.69) is 0 Å². The van der Waals surface area contributed by atoms with E-state index in [0.717, 1.165) is 28.6 Å². The lowest BCUT2D eigenvalue weighted by atomic mass is 10.1. The molecule has 1 unspecified atom stereocenters. The quantitative estimate of drug-likeness (QED) is 0.490. The van der Waals surface area contributed by atoms with Gasteiger partial charge >= 0.3 is 0 Å². The van der Waals surface area contributed by atoms with Crippen LogP contribution in [-0.2, 0) is 17.8 Å². The summed E-state index contributed by atoms with van der Waals surface area (Å²) >= 11 is 0. The number of fused-ring (bicyclic) bond motifs is 1. The highest BCUT2D eigenvalue weighted by Gasteiger charge is 2.17. The summed E-state index contributed by atoms with van der Waals surface area (Å²) in [5.41, 5.74) is 9.65. The van der Waals surface area contributed by atoms with Gasteiger partial charge in [-0.15, -0.1) is 0 Å². The Hall–Kier alpha value is -2.77. The van der Waals surface area contributed by atoms with Crippen LogP contribution in [-0.4, -0.2) is 21.7 Å². The highest BCUT2D eigenvalue weighted by molar-refractivity contribution is 5.86. The number of nitrogens with two attached hydrogens (primary N) is 1. The van der Waals surface area contributed by atoms with Crippen molar-refractivity contribution < 1.29 is 18.8 Å². The molecule has 0 radical (unpaired) electrons. The van der Waals surface area contributed by atoms with E-state index in [1.165, 1.54) is 6.07 Å². The van der Waals surface area contributed by atoms with E-state index in [9.17, 15) is 13.6 Å². The first-order chi connectivity index (χ1) is 12.0. The van der Waals surface area contributed by atoms with Crippen molar-refractivity contribution in [2.75, 3.05) is 0 Å². The van der Waals surface area contributed by atoms with Crippen LogP contribution >= 0.6 is 0 Å². The van der Waals surface area contributed by atoms with Gasteiger partial charge in [0, 0.05) is 23.6 Å². The Morgan fingerprint density at radius 3 is 2.68 bits per heavy atom. The van der Waals surface area contributed by atoms with Crippen LogP contribution in [0.2, 0.25) is 0 Å². The number of carbonyl (C=O) groups excluding carboxylic acids is 1. The number of nitrogens with one attached hydrogen (secondary N) is 1. The summed E-state index contributed by atoms with van der Waals surface area (Å²) in [6.45, 7) is 0.346. The summed E-state index contributed by atoms with van der Waals surface area (Å²) in [5, 5.41) is 9.60. The van der Waals surface area contributed by atoms with Gasteiger partial charge in [-0.2, -0.15) is 0 Å². The summed E-state index contributed by atoms with van der Waals surface area (Å²) in [5.74, 6) is -2.45. The summed E-state index contributed by atoms with van der Waals surface area (Å²) in [7, 11) is 0. The molecule has 1 atom stereocenters. The molecule has 1 heterocycles. The van der Waals surface area contributed by atoms with Crippen molar-refractivity contribution in [3.05, 3.63) is 71.4 Å². The van der Waals surface area contributed by atoms with Crippen LogP contribution < -0.4 is 11.2 Å². The molecule has 130 valence electrons. The number of benzene rings is 2. The number of halogens is 2. The topological polar surface area (TPSA) is 80.3 Å². The average Bonchev–Trinajstić information content (AvgIpc) is 2.95. The molecule has 0 fully saturated rings. The van der Waals surface area contributed by atoms with Crippen LogP contribution in [0.3, 0.4) is 0 Å². The highest BCUT2D eigenvalue weighted by Crippen LogP contribution is 2.24. The highest BCUT2D eigenvalue weighted by atomic mass is 19.2. The number of carbonyl (C=O) groups is 1. The normalized spacial score (nSPS) is 12.3. The maximum atomic E-state index is 13.4.